The molecule has 0 radical (unpaired) electrons. The Labute approximate surface area is 80.3 Å². The molecule has 0 heterocycles. The van der Waals surface area contributed by atoms with Gasteiger partial charge >= 0.3 is 23.1 Å². The molecule has 0 aliphatic rings. The SMILES string of the molecule is Clc1ccccc1Cl.[MgH2]. The van der Waals surface area contributed by atoms with Crippen LogP contribution < -0.4 is 0 Å². The first kappa shape index (κ1) is 9.57. The third-order valence-corrected chi connectivity index (χ3v) is 1.58. The minimum absolute atomic E-state index is 0. The van der Waals surface area contributed by atoms with Crippen molar-refractivity contribution in [2.45, 2.75) is 0 Å². The molecule has 0 aromatic heterocycles. The first-order chi connectivity index (χ1) is 3.80. The third-order valence-electron chi connectivity index (χ3n) is 0.824. The van der Waals surface area contributed by atoms with Gasteiger partial charge in [-0.05, 0) is 12.1 Å². The first-order valence-corrected chi connectivity index (χ1v) is 2.96. The summed E-state index contributed by atoms with van der Waals surface area (Å²) in [4.78, 5) is 0. The highest BCUT2D eigenvalue weighted by Gasteiger charge is 1.89. The smallest absolute Gasteiger partial charge is 0.0827 e. The van der Waals surface area contributed by atoms with Gasteiger partial charge in [0.25, 0.3) is 0 Å². The summed E-state index contributed by atoms with van der Waals surface area (Å²) in [7, 11) is 0. The molecule has 1 aromatic carbocycles. The highest BCUT2D eigenvalue weighted by molar-refractivity contribution is 6.41. The van der Waals surface area contributed by atoms with Crippen molar-refractivity contribution in [2.75, 3.05) is 0 Å². The maximum atomic E-state index is 5.58. The zero-order valence-electron chi connectivity index (χ0n) is 4.07. The molecule has 0 fully saturated rings. The van der Waals surface area contributed by atoms with Crippen LogP contribution in [0.2, 0.25) is 10.0 Å². The lowest BCUT2D eigenvalue weighted by molar-refractivity contribution is 1.71. The van der Waals surface area contributed by atoms with Gasteiger partial charge < -0.3 is 0 Å². The van der Waals surface area contributed by atoms with Gasteiger partial charge in [0, 0.05) is 0 Å². The van der Waals surface area contributed by atoms with Gasteiger partial charge in [-0.2, -0.15) is 0 Å². The van der Waals surface area contributed by atoms with E-state index in [2.05, 4.69) is 0 Å². The molecule has 0 nitrogen and oxygen atoms in total. The second-order valence-corrected chi connectivity index (χ2v) is 2.23. The molecule has 0 aliphatic heterocycles. The molecule has 1 aromatic rings. The fourth-order valence-electron chi connectivity index (χ4n) is 0.439. The first-order valence-electron chi connectivity index (χ1n) is 2.21. The van der Waals surface area contributed by atoms with E-state index in [0.717, 1.165) is 0 Å². The predicted molar refractivity (Wildman–Crippen MR) is 45.0 cm³/mol. The topological polar surface area (TPSA) is 0 Å². The zero-order chi connectivity index (χ0) is 5.98. The molecular weight excluding hydrogens is 167 g/mol. The van der Waals surface area contributed by atoms with E-state index in [0.29, 0.717) is 10.0 Å². The number of halogens is 2. The minimum atomic E-state index is 0. The highest BCUT2D eigenvalue weighted by Crippen LogP contribution is 2.19. The summed E-state index contributed by atoms with van der Waals surface area (Å²) in [5, 5.41) is 1.21. The fourth-order valence-corrected chi connectivity index (χ4v) is 0.711. The minimum Gasteiger partial charge on any atom is -0.0827 e. The van der Waals surface area contributed by atoms with Crippen molar-refractivity contribution in [2.24, 2.45) is 0 Å². The average molecular weight is 173 g/mol. The van der Waals surface area contributed by atoms with Crippen LogP contribution in [0.5, 0.6) is 0 Å². The molecule has 46 valence electrons. The Kier molecular flexibility index (Phi) is 4.67. The van der Waals surface area contributed by atoms with Crippen molar-refractivity contribution < 1.29 is 0 Å². The lowest BCUT2D eigenvalue weighted by atomic mass is 10.4. The molecule has 9 heavy (non-hydrogen) atoms. The summed E-state index contributed by atoms with van der Waals surface area (Å²) < 4.78 is 0. The normalized spacial score (nSPS) is 8.22. The monoisotopic (exact) mass is 172 g/mol. The summed E-state index contributed by atoms with van der Waals surface area (Å²) in [5.74, 6) is 0. The number of rotatable bonds is 0. The van der Waals surface area contributed by atoms with Gasteiger partial charge in [0.15, 0.2) is 0 Å². The van der Waals surface area contributed by atoms with E-state index < -0.39 is 0 Å². The van der Waals surface area contributed by atoms with Gasteiger partial charge in [-0.3, -0.25) is 0 Å². The molecule has 0 atom stereocenters. The van der Waals surface area contributed by atoms with Crippen molar-refractivity contribution in [3.8, 4) is 0 Å². The molecule has 0 bridgehead atoms. The van der Waals surface area contributed by atoms with Crippen LogP contribution in [0.15, 0.2) is 24.3 Å². The standard InChI is InChI=1S/C6H4Cl2.Mg.2H/c7-5-3-1-2-4-6(5)8;;;/h1-4H;;;. The largest absolute Gasteiger partial charge is 0.316 e. The zero-order valence-corrected chi connectivity index (χ0v) is 5.58. The van der Waals surface area contributed by atoms with Gasteiger partial charge in [0.05, 0.1) is 10.0 Å². The Morgan fingerprint density at radius 2 is 1.22 bits per heavy atom. The van der Waals surface area contributed by atoms with Crippen LogP contribution in [-0.2, 0) is 0 Å². The van der Waals surface area contributed by atoms with E-state index in [-0.39, 0.29) is 23.1 Å². The molecule has 0 amide bonds. The van der Waals surface area contributed by atoms with E-state index in [4.69, 9.17) is 23.2 Å². The third kappa shape index (κ3) is 2.76. The lowest BCUT2D eigenvalue weighted by Gasteiger charge is -1.88. The molecule has 0 saturated heterocycles. The van der Waals surface area contributed by atoms with Crippen molar-refractivity contribution >= 4 is 46.3 Å². The van der Waals surface area contributed by atoms with Crippen molar-refractivity contribution in [3.63, 3.8) is 0 Å². The van der Waals surface area contributed by atoms with Crippen LogP contribution in [0.3, 0.4) is 0 Å². The Hall–Kier alpha value is 0.566. The predicted octanol–water partition coefficient (Wildman–Crippen LogP) is 2.08. The summed E-state index contributed by atoms with van der Waals surface area (Å²) in [6, 6.07) is 7.19. The van der Waals surface area contributed by atoms with Gasteiger partial charge in [0.1, 0.15) is 0 Å². The Morgan fingerprint density at radius 1 is 0.889 bits per heavy atom. The Balaban J connectivity index is 0.000000640. The molecular formula is C6H6Cl2Mg. The van der Waals surface area contributed by atoms with E-state index in [1.54, 1.807) is 12.1 Å². The quantitative estimate of drug-likeness (QED) is 0.527. The summed E-state index contributed by atoms with van der Waals surface area (Å²) >= 11 is 11.2. The van der Waals surface area contributed by atoms with E-state index in [1.807, 2.05) is 12.1 Å². The van der Waals surface area contributed by atoms with Crippen molar-refractivity contribution in [1.29, 1.82) is 0 Å². The second kappa shape index (κ2) is 4.39. The van der Waals surface area contributed by atoms with Gasteiger partial charge in [0.2, 0.25) is 0 Å². The highest BCUT2D eigenvalue weighted by atomic mass is 35.5. The Morgan fingerprint density at radius 3 is 1.44 bits per heavy atom. The second-order valence-electron chi connectivity index (χ2n) is 1.41. The lowest BCUT2D eigenvalue weighted by Crippen LogP contribution is -1.62. The van der Waals surface area contributed by atoms with Crippen LogP contribution in [0.1, 0.15) is 0 Å². The molecule has 0 saturated carbocycles. The summed E-state index contributed by atoms with van der Waals surface area (Å²) in [6.45, 7) is 0. The molecule has 3 heteroatoms. The van der Waals surface area contributed by atoms with E-state index in [1.165, 1.54) is 0 Å². The van der Waals surface area contributed by atoms with Crippen LogP contribution in [0, 0.1) is 0 Å². The van der Waals surface area contributed by atoms with Crippen LogP contribution in [-0.4, -0.2) is 23.1 Å². The molecule has 0 unspecified atom stereocenters. The fraction of sp³-hybridized carbons (Fsp3) is 0. The molecule has 0 spiro atoms. The van der Waals surface area contributed by atoms with Crippen molar-refractivity contribution in [1.82, 2.24) is 0 Å². The van der Waals surface area contributed by atoms with Gasteiger partial charge in [-0.1, -0.05) is 35.3 Å². The maximum absolute atomic E-state index is 5.58. The maximum Gasteiger partial charge on any atom is 0.316 e. The molecule has 0 N–H and O–H groups in total. The van der Waals surface area contributed by atoms with Crippen molar-refractivity contribution in [3.05, 3.63) is 34.3 Å². The van der Waals surface area contributed by atoms with Crippen LogP contribution >= 0.6 is 23.2 Å². The summed E-state index contributed by atoms with van der Waals surface area (Å²) in [6.07, 6.45) is 0. The number of hydrogen-bond donors (Lipinski definition) is 0. The van der Waals surface area contributed by atoms with Crippen LogP contribution in [0.25, 0.3) is 0 Å². The summed E-state index contributed by atoms with van der Waals surface area (Å²) in [5.41, 5.74) is 0. The van der Waals surface area contributed by atoms with E-state index >= 15 is 0 Å². The number of hydrogen-bond acceptors (Lipinski definition) is 0. The van der Waals surface area contributed by atoms with E-state index in [9.17, 15) is 0 Å². The van der Waals surface area contributed by atoms with Gasteiger partial charge in [-0.25, -0.2) is 0 Å². The molecule has 0 aliphatic carbocycles. The van der Waals surface area contributed by atoms with Gasteiger partial charge in [-0.15, -0.1) is 0 Å². The number of benzene rings is 1. The Bertz CT molecular complexity index is 167. The van der Waals surface area contributed by atoms with Crippen LogP contribution in [0.4, 0.5) is 0 Å². The molecule has 1 rings (SSSR count). The average Bonchev–Trinajstić information content (AvgIpc) is 1.77.